The molecule has 3 nitrogen and oxygen atoms in total. The average molecular weight is 314 g/mol. The Kier molecular flexibility index (Phi) is 3.24. The molecule has 0 aliphatic carbocycles. The van der Waals surface area contributed by atoms with E-state index in [-0.39, 0.29) is 0 Å². The van der Waals surface area contributed by atoms with E-state index >= 15 is 0 Å². The second-order valence-corrected chi connectivity index (χ2v) is 7.24. The van der Waals surface area contributed by atoms with Gasteiger partial charge in [0.25, 0.3) is 0 Å². The third kappa shape index (κ3) is 2.26. The van der Waals surface area contributed by atoms with Crippen LogP contribution in [0.5, 0.6) is 0 Å². The van der Waals surface area contributed by atoms with Crippen molar-refractivity contribution >= 4 is 29.0 Å². The maximum atomic E-state index is 6.00. The highest BCUT2D eigenvalue weighted by molar-refractivity contribution is 7.98. The molecule has 1 aliphatic heterocycles. The lowest BCUT2D eigenvalue weighted by Gasteiger charge is -2.08. The Morgan fingerprint density at radius 2 is 2.05 bits per heavy atom. The van der Waals surface area contributed by atoms with Crippen LogP contribution < -0.4 is 5.73 Å². The number of thioether (sulfide) groups is 1. The summed E-state index contributed by atoms with van der Waals surface area (Å²) in [4.78, 5) is 2.63. The SMILES string of the molecule is Nc1onc(-c2cc3c(s2)CCSC3)c1-c1ccccc1. The number of hydrogen-bond donors (Lipinski definition) is 1. The van der Waals surface area contributed by atoms with Gasteiger partial charge in [-0.1, -0.05) is 35.5 Å². The fraction of sp³-hybridized carbons (Fsp3) is 0.188. The number of nitrogens with two attached hydrogens (primary N) is 1. The standard InChI is InChI=1S/C16H14N2OS2/c17-16-14(10-4-2-1-3-5-10)15(18-19-16)13-8-11-9-20-7-6-12(11)21-13/h1-5,8H,6-7,9,17H2. The molecule has 0 saturated carbocycles. The number of rotatable bonds is 2. The Labute approximate surface area is 131 Å². The van der Waals surface area contributed by atoms with Crippen LogP contribution in [0, 0.1) is 0 Å². The van der Waals surface area contributed by atoms with E-state index in [1.807, 2.05) is 53.4 Å². The van der Waals surface area contributed by atoms with Crippen LogP contribution in [0.3, 0.4) is 0 Å². The van der Waals surface area contributed by atoms with Crippen LogP contribution in [-0.4, -0.2) is 10.9 Å². The normalized spacial score (nSPS) is 14.1. The largest absolute Gasteiger partial charge is 0.367 e. The van der Waals surface area contributed by atoms with Crippen LogP contribution >= 0.6 is 23.1 Å². The molecular formula is C16H14N2OS2. The molecule has 5 heteroatoms. The zero-order valence-electron chi connectivity index (χ0n) is 11.3. The second kappa shape index (κ2) is 5.24. The van der Waals surface area contributed by atoms with E-state index in [4.69, 9.17) is 10.3 Å². The first-order chi connectivity index (χ1) is 10.3. The molecule has 0 fully saturated rings. The van der Waals surface area contributed by atoms with Crippen LogP contribution in [0.15, 0.2) is 40.9 Å². The van der Waals surface area contributed by atoms with Crippen molar-refractivity contribution in [1.29, 1.82) is 0 Å². The maximum absolute atomic E-state index is 6.00. The minimum absolute atomic E-state index is 0.386. The lowest BCUT2D eigenvalue weighted by Crippen LogP contribution is -1.96. The van der Waals surface area contributed by atoms with Gasteiger partial charge < -0.3 is 10.3 Å². The summed E-state index contributed by atoms with van der Waals surface area (Å²) < 4.78 is 5.27. The zero-order valence-corrected chi connectivity index (χ0v) is 13.0. The molecule has 1 aliphatic rings. The lowest BCUT2D eigenvalue weighted by molar-refractivity contribution is 0.439. The summed E-state index contributed by atoms with van der Waals surface area (Å²) in [7, 11) is 0. The molecule has 3 aromatic rings. The second-order valence-electron chi connectivity index (χ2n) is 5.00. The predicted molar refractivity (Wildman–Crippen MR) is 89.5 cm³/mol. The van der Waals surface area contributed by atoms with Gasteiger partial charge in [-0.3, -0.25) is 0 Å². The van der Waals surface area contributed by atoms with E-state index in [0.717, 1.165) is 33.9 Å². The predicted octanol–water partition coefficient (Wildman–Crippen LogP) is 4.44. The molecule has 0 atom stereocenters. The molecule has 2 N–H and O–H groups in total. The van der Waals surface area contributed by atoms with Crippen LogP contribution in [0.25, 0.3) is 21.7 Å². The molecule has 0 spiro atoms. The van der Waals surface area contributed by atoms with Crippen LogP contribution in [-0.2, 0) is 12.2 Å². The molecule has 0 unspecified atom stereocenters. The minimum atomic E-state index is 0.386. The Hall–Kier alpha value is -1.72. The van der Waals surface area contributed by atoms with Gasteiger partial charge >= 0.3 is 0 Å². The lowest BCUT2D eigenvalue weighted by atomic mass is 10.0. The molecule has 4 rings (SSSR count). The van der Waals surface area contributed by atoms with Crippen molar-refractivity contribution < 1.29 is 4.52 Å². The van der Waals surface area contributed by atoms with Crippen molar-refractivity contribution in [3.63, 3.8) is 0 Å². The number of aromatic nitrogens is 1. The topological polar surface area (TPSA) is 52.0 Å². The van der Waals surface area contributed by atoms with Gasteiger partial charge in [-0.25, -0.2) is 0 Å². The number of nitrogens with zero attached hydrogens (tertiary/aromatic N) is 1. The van der Waals surface area contributed by atoms with Gasteiger partial charge in [0.2, 0.25) is 5.88 Å². The third-order valence-corrected chi connectivity index (χ3v) is 5.89. The number of nitrogen functional groups attached to an aromatic ring is 1. The summed E-state index contributed by atoms with van der Waals surface area (Å²) >= 11 is 3.81. The Bertz CT molecular complexity index is 753. The van der Waals surface area contributed by atoms with Crippen molar-refractivity contribution in [2.75, 3.05) is 11.5 Å². The Morgan fingerprint density at radius 1 is 1.19 bits per heavy atom. The van der Waals surface area contributed by atoms with Gasteiger partial charge in [0.15, 0.2) is 0 Å². The van der Waals surface area contributed by atoms with Crippen molar-refractivity contribution in [1.82, 2.24) is 5.16 Å². The third-order valence-electron chi connectivity index (χ3n) is 3.64. The number of hydrogen-bond acceptors (Lipinski definition) is 5. The fourth-order valence-electron chi connectivity index (χ4n) is 2.62. The smallest absolute Gasteiger partial charge is 0.230 e. The molecule has 2 aromatic heterocycles. The van der Waals surface area contributed by atoms with Crippen molar-refractivity contribution in [3.8, 4) is 21.7 Å². The number of fused-ring (bicyclic) bond motifs is 1. The summed E-state index contributed by atoms with van der Waals surface area (Å²) in [5.41, 5.74) is 10.3. The molecule has 3 heterocycles. The van der Waals surface area contributed by atoms with Gasteiger partial charge in [-0.05, 0) is 29.4 Å². The highest BCUT2D eigenvalue weighted by Crippen LogP contribution is 2.42. The number of benzene rings is 1. The van der Waals surface area contributed by atoms with Gasteiger partial charge in [0.05, 0.1) is 10.4 Å². The minimum Gasteiger partial charge on any atom is -0.367 e. The molecule has 21 heavy (non-hydrogen) atoms. The van der Waals surface area contributed by atoms with E-state index < -0.39 is 0 Å². The highest BCUT2D eigenvalue weighted by atomic mass is 32.2. The van der Waals surface area contributed by atoms with Gasteiger partial charge in [0, 0.05) is 10.6 Å². The van der Waals surface area contributed by atoms with E-state index in [1.54, 1.807) is 0 Å². The molecule has 0 saturated heterocycles. The van der Waals surface area contributed by atoms with Crippen molar-refractivity contribution in [2.24, 2.45) is 0 Å². The summed E-state index contributed by atoms with van der Waals surface area (Å²) in [5, 5.41) is 4.21. The number of anilines is 1. The summed E-state index contributed by atoms with van der Waals surface area (Å²) in [6.07, 6.45) is 1.15. The molecule has 1 aromatic carbocycles. The van der Waals surface area contributed by atoms with Crippen LogP contribution in [0.4, 0.5) is 5.88 Å². The van der Waals surface area contributed by atoms with Gasteiger partial charge in [0.1, 0.15) is 5.69 Å². The molecule has 0 radical (unpaired) electrons. The number of thiophene rings is 1. The highest BCUT2D eigenvalue weighted by Gasteiger charge is 2.21. The molecule has 106 valence electrons. The molecule has 0 amide bonds. The monoisotopic (exact) mass is 314 g/mol. The van der Waals surface area contributed by atoms with Gasteiger partial charge in [-0.2, -0.15) is 11.8 Å². The Balaban J connectivity index is 1.85. The number of aryl methyl sites for hydroxylation is 1. The Morgan fingerprint density at radius 3 is 2.86 bits per heavy atom. The first-order valence-electron chi connectivity index (χ1n) is 6.83. The van der Waals surface area contributed by atoms with Crippen molar-refractivity contribution in [2.45, 2.75) is 12.2 Å². The van der Waals surface area contributed by atoms with Crippen molar-refractivity contribution in [3.05, 3.63) is 46.8 Å². The maximum Gasteiger partial charge on any atom is 0.230 e. The first kappa shape index (κ1) is 13.0. The average Bonchev–Trinajstić information content (AvgIpc) is 3.11. The summed E-state index contributed by atoms with van der Waals surface area (Å²) in [6.45, 7) is 0. The van der Waals surface area contributed by atoms with Gasteiger partial charge in [-0.15, -0.1) is 11.3 Å². The van der Waals surface area contributed by atoms with Crippen LogP contribution in [0.2, 0.25) is 0 Å². The van der Waals surface area contributed by atoms with E-state index in [9.17, 15) is 0 Å². The summed E-state index contributed by atoms with van der Waals surface area (Å²) in [6, 6.07) is 12.3. The van der Waals surface area contributed by atoms with E-state index in [2.05, 4.69) is 11.2 Å². The summed E-state index contributed by atoms with van der Waals surface area (Å²) in [5.74, 6) is 2.69. The quantitative estimate of drug-likeness (QED) is 0.759. The van der Waals surface area contributed by atoms with E-state index in [0.29, 0.717) is 5.88 Å². The fourth-order valence-corrected chi connectivity index (χ4v) is 4.98. The first-order valence-corrected chi connectivity index (χ1v) is 8.80. The zero-order chi connectivity index (χ0) is 14.2. The molecule has 0 bridgehead atoms. The van der Waals surface area contributed by atoms with E-state index in [1.165, 1.54) is 16.2 Å². The van der Waals surface area contributed by atoms with Crippen LogP contribution in [0.1, 0.15) is 10.4 Å². The molecular weight excluding hydrogens is 300 g/mol.